The molecule has 0 N–H and O–H groups in total. The van der Waals surface area contributed by atoms with Crippen LogP contribution in [0.25, 0.3) is 45.1 Å². The van der Waals surface area contributed by atoms with Crippen LogP contribution in [0.3, 0.4) is 0 Å². The molecular weight excluding hydrogens is 424 g/mol. The van der Waals surface area contributed by atoms with Gasteiger partial charge in [-0.3, -0.25) is 0 Å². The van der Waals surface area contributed by atoms with Crippen molar-refractivity contribution >= 4 is 28.2 Å². The van der Waals surface area contributed by atoms with Crippen LogP contribution in [0.5, 0.6) is 11.5 Å². The quantitative estimate of drug-likeness (QED) is 0.332. The first-order valence-electron chi connectivity index (χ1n) is 10.1. The van der Waals surface area contributed by atoms with E-state index in [0.717, 1.165) is 11.1 Å². The van der Waals surface area contributed by atoms with Crippen LogP contribution in [0.2, 0.25) is 0 Å². The zero-order chi connectivity index (χ0) is 23.1. The average Bonchev–Trinajstić information content (AvgIpc) is 3.46. The fourth-order valence-electron chi connectivity index (χ4n) is 3.72. The van der Waals surface area contributed by atoms with Crippen LogP contribution in [0.4, 0.5) is 0 Å². The van der Waals surface area contributed by atoms with E-state index >= 15 is 0 Å². The van der Waals surface area contributed by atoms with Gasteiger partial charge in [-0.2, -0.15) is 0 Å². The Labute approximate surface area is 188 Å². The van der Waals surface area contributed by atoms with Crippen molar-refractivity contribution in [3.05, 3.63) is 59.7 Å². The number of aryl methyl sites for hydroxylation is 1. The standard InChI is InChI=1S/C25H20N2O6/c1-13-8-9-17-21(10-13)33-23(26-17)15-11-20(30-3)16(12-19(15)29-2)24-27-22-14(25(28)31-4)6-5-7-18(22)32-24/h5-12H,1-4H3. The first kappa shape index (κ1) is 20.6. The Bertz CT molecular complexity index is 1510. The second-order valence-electron chi connectivity index (χ2n) is 7.41. The summed E-state index contributed by atoms with van der Waals surface area (Å²) < 4.78 is 28.1. The molecule has 166 valence electrons. The Balaban J connectivity index is 1.67. The fourth-order valence-corrected chi connectivity index (χ4v) is 3.72. The summed E-state index contributed by atoms with van der Waals surface area (Å²) in [6, 6.07) is 14.4. The van der Waals surface area contributed by atoms with E-state index in [9.17, 15) is 4.79 Å². The summed E-state index contributed by atoms with van der Waals surface area (Å²) in [7, 11) is 4.43. The number of carbonyl (C=O) groups is 1. The molecule has 3 aromatic carbocycles. The molecule has 0 unspecified atom stereocenters. The highest BCUT2D eigenvalue weighted by molar-refractivity contribution is 6.02. The Morgan fingerprint density at radius 2 is 1.48 bits per heavy atom. The number of fused-ring (bicyclic) bond motifs is 2. The smallest absolute Gasteiger partial charge is 0.340 e. The Hall–Kier alpha value is -4.33. The third kappa shape index (κ3) is 3.45. The molecule has 2 aromatic heterocycles. The maximum atomic E-state index is 12.1. The van der Waals surface area contributed by atoms with E-state index in [1.807, 2.05) is 25.1 Å². The number of rotatable bonds is 5. The van der Waals surface area contributed by atoms with Crippen molar-refractivity contribution in [1.82, 2.24) is 9.97 Å². The summed E-state index contributed by atoms with van der Waals surface area (Å²) in [6.07, 6.45) is 0. The minimum absolute atomic E-state index is 0.274. The lowest BCUT2D eigenvalue weighted by molar-refractivity contribution is 0.0602. The van der Waals surface area contributed by atoms with E-state index < -0.39 is 5.97 Å². The maximum absolute atomic E-state index is 12.1. The molecule has 0 bridgehead atoms. The molecule has 5 aromatic rings. The number of esters is 1. The molecule has 0 spiro atoms. The zero-order valence-corrected chi connectivity index (χ0v) is 18.5. The highest BCUT2D eigenvalue weighted by Gasteiger charge is 2.23. The number of carbonyl (C=O) groups excluding carboxylic acids is 1. The molecule has 0 radical (unpaired) electrons. The van der Waals surface area contributed by atoms with E-state index in [1.165, 1.54) is 7.11 Å². The summed E-state index contributed by atoms with van der Waals surface area (Å²) in [4.78, 5) is 21.3. The molecule has 0 saturated carbocycles. The molecule has 0 aliphatic rings. The van der Waals surface area contributed by atoms with E-state index in [0.29, 0.717) is 50.8 Å². The van der Waals surface area contributed by atoms with Crippen molar-refractivity contribution < 1.29 is 27.8 Å². The van der Waals surface area contributed by atoms with Gasteiger partial charge >= 0.3 is 5.97 Å². The zero-order valence-electron chi connectivity index (χ0n) is 18.5. The summed E-state index contributed by atoms with van der Waals surface area (Å²) >= 11 is 0. The highest BCUT2D eigenvalue weighted by Crippen LogP contribution is 2.42. The molecule has 2 heterocycles. The van der Waals surface area contributed by atoms with Gasteiger partial charge in [0.2, 0.25) is 11.8 Å². The predicted molar refractivity (Wildman–Crippen MR) is 122 cm³/mol. The Morgan fingerprint density at radius 3 is 2.15 bits per heavy atom. The van der Waals surface area contributed by atoms with Gasteiger partial charge in [-0.1, -0.05) is 12.1 Å². The third-order valence-corrected chi connectivity index (χ3v) is 5.35. The Kier molecular flexibility index (Phi) is 4.97. The Morgan fingerprint density at radius 1 is 0.818 bits per heavy atom. The summed E-state index contributed by atoms with van der Waals surface area (Å²) in [5.74, 6) is 1.17. The second-order valence-corrected chi connectivity index (χ2v) is 7.41. The fraction of sp³-hybridized carbons (Fsp3) is 0.160. The number of oxazole rings is 2. The highest BCUT2D eigenvalue weighted by atomic mass is 16.5. The first-order valence-corrected chi connectivity index (χ1v) is 10.1. The summed E-state index contributed by atoms with van der Waals surface area (Å²) in [5, 5.41) is 0. The minimum Gasteiger partial charge on any atom is -0.496 e. The minimum atomic E-state index is -0.494. The lowest BCUT2D eigenvalue weighted by Crippen LogP contribution is -2.01. The molecule has 0 aliphatic carbocycles. The topological polar surface area (TPSA) is 96.8 Å². The number of nitrogens with zero attached hydrogens (tertiary/aromatic N) is 2. The number of ether oxygens (including phenoxy) is 3. The van der Waals surface area contributed by atoms with Crippen LogP contribution in [0.15, 0.2) is 57.4 Å². The lowest BCUT2D eigenvalue weighted by Gasteiger charge is -2.11. The lowest BCUT2D eigenvalue weighted by atomic mass is 10.1. The molecule has 8 nitrogen and oxygen atoms in total. The average molecular weight is 444 g/mol. The van der Waals surface area contributed by atoms with Crippen molar-refractivity contribution in [2.75, 3.05) is 21.3 Å². The molecule has 33 heavy (non-hydrogen) atoms. The van der Waals surface area contributed by atoms with Gasteiger partial charge in [0.1, 0.15) is 22.5 Å². The van der Waals surface area contributed by atoms with E-state index in [-0.39, 0.29) is 5.89 Å². The number of benzene rings is 3. The molecule has 0 atom stereocenters. The SMILES string of the molecule is COC(=O)c1cccc2oc(-c3cc(OC)c(-c4nc5ccc(C)cc5o4)cc3OC)nc12. The number of hydrogen-bond donors (Lipinski definition) is 0. The van der Waals surface area contributed by atoms with Gasteiger partial charge in [-0.15, -0.1) is 0 Å². The van der Waals surface area contributed by atoms with Crippen molar-refractivity contribution in [3.8, 4) is 34.4 Å². The number of para-hydroxylation sites is 1. The number of hydrogen-bond acceptors (Lipinski definition) is 8. The van der Waals surface area contributed by atoms with Crippen LogP contribution in [-0.4, -0.2) is 37.3 Å². The van der Waals surface area contributed by atoms with Crippen molar-refractivity contribution in [2.24, 2.45) is 0 Å². The van der Waals surface area contributed by atoms with Gasteiger partial charge in [0.15, 0.2) is 11.2 Å². The van der Waals surface area contributed by atoms with Crippen molar-refractivity contribution in [3.63, 3.8) is 0 Å². The van der Waals surface area contributed by atoms with Crippen LogP contribution >= 0.6 is 0 Å². The van der Waals surface area contributed by atoms with Crippen LogP contribution in [0, 0.1) is 6.92 Å². The van der Waals surface area contributed by atoms with Gasteiger partial charge in [0.25, 0.3) is 0 Å². The normalized spacial score (nSPS) is 11.2. The molecule has 0 fully saturated rings. The molecular formula is C25H20N2O6. The maximum Gasteiger partial charge on any atom is 0.340 e. The molecule has 5 rings (SSSR count). The molecule has 0 aliphatic heterocycles. The van der Waals surface area contributed by atoms with Gasteiger partial charge in [-0.25, -0.2) is 14.8 Å². The molecule has 0 amide bonds. The van der Waals surface area contributed by atoms with Gasteiger partial charge < -0.3 is 23.0 Å². The van der Waals surface area contributed by atoms with Gasteiger partial charge in [0.05, 0.1) is 38.0 Å². The van der Waals surface area contributed by atoms with Crippen LogP contribution < -0.4 is 9.47 Å². The van der Waals surface area contributed by atoms with Crippen LogP contribution in [0.1, 0.15) is 15.9 Å². The van der Waals surface area contributed by atoms with Gasteiger partial charge in [-0.05, 0) is 48.9 Å². The van der Waals surface area contributed by atoms with E-state index in [4.69, 9.17) is 23.0 Å². The van der Waals surface area contributed by atoms with E-state index in [2.05, 4.69) is 9.97 Å². The second kappa shape index (κ2) is 7.98. The number of aromatic nitrogens is 2. The largest absolute Gasteiger partial charge is 0.496 e. The van der Waals surface area contributed by atoms with Crippen molar-refractivity contribution in [2.45, 2.75) is 6.92 Å². The molecule has 8 heteroatoms. The summed E-state index contributed by atoms with van der Waals surface area (Å²) in [5.41, 5.74) is 4.85. The monoisotopic (exact) mass is 444 g/mol. The predicted octanol–water partition coefficient (Wildman–Crippen LogP) is 5.42. The first-order chi connectivity index (χ1) is 16.0. The summed E-state index contributed by atoms with van der Waals surface area (Å²) in [6.45, 7) is 1.99. The third-order valence-electron chi connectivity index (χ3n) is 5.35. The van der Waals surface area contributed by atoms with Crippen LogP contribution in [-0.2, 0) is 4.74 Å². The van der Waals surface area contributed by atoms with Gasteiger partial charge in [0, 0.05) is 0 Å². The number of methoxy groups -OCH3 is 3. The van der Waals surface area contributed by atoms with Crippen molar-refractivity contribution in [1.29, 1.82) is 0 Å². The van der Waals surface area contributed by atoms with E-state index in [1.54, 1.807) is 44.6 Å². The molecule has 0 saturated heterocycles.